The van der Waals surface area contributed by atoms with Crippen molar-refractivity contribution in [2.45, 2.75) is 50.6 Å². The van der Waals surface area contributed by atoms with Crippen LogP contribution in [0.1, 0.15) is 37.1 Å². The van der Waals surface area contributed by atoms with Gasteiger partial charge in [0.15, 0.2) is 0 Å². The van der Waals surface area contributed by atoms with Crippen molar-refractivity contribution in [1.82, 2.24) is 15.2 Å². The number of carbonyl (C=O) groups is 1. The molecule has 1 aliphatic carbocycles. The lowest BCUT2D eigenvalue weighted by atomic mass is 10.1. The van der Waals surface area contributed by atoms with E-state index in [4.69, 9.17) is 16.0 Å². The maximum atomic E-state index is 12.5. The first-order chi connectivity index (χ1) is 13.5. The molecular formula is C21H23ClN4O2. The lowest BCUT2D eigenvalue weighted by molar-refractivity contribution is -0.130. The van der Waals surface area contributed by atoms with Gasteiger partial charge in [0.05, 0.1) is 28.9 Å². The second-order valence-electron chi connectivity index (χ2n) is 7.69. The number of halogens is 1. The van der Waals surface area contributed by atoms with Crippen molar-refractivity contribution in [2.24, 2.45) is 0 Å². The van der Waals surface area contributed by atoms with Gasteiger partial charge >= 0.3 is 0 Å². The van der Waals surface area contributed by atoms with E-state index in [9.17, 15) is 10.1 Å². The summed E-state index contributed by atoms with van der Waals surface area (Å²) in [6.45, 7) is 2.84. The number of aryl methyl sites for hydroxylation is 1. The third-order valence-corrected chi connectivity index (χ3v) is 6.02. The molecule has 1 N–H and O–H groups in total. The molecule has 2 fully saturated rings. The smallest absolute Gasteiger partial charge is 0.237 e. The van der Waals surface area contributed by atoms with Gasteiger partial charge in [-0.05, 0) is 44.7 Å². The van der Waals surface area contributed by atoms with Crippen LogP contribution in [0.15, 0.2) is 28.7 Å². The van der Waals surface area contributed by atoms with Crippen LogP contribution in [-0.2, 0) is 11.2 Å². The van der Waals surface area contributed by atoms with E-state index in [1.165, 1.54) is 0 Å². The van der Waals surface area contributed by atoms with Gasteiger partial charge < -0.3 is 14.6 Å². The fourth-order valence-corrected chi connectivity index (χ4v) is 4.01. The summed E-state index contributed by atoms with van der Waals surface area (Å²) in [6, 6.07) is 9.43. The van der Waals surface area contributed by atoms with Crippen LogP contribution >= 0.6 is 11.6 Å². The Morgan fingerprint density at radius 1 is 1.46 bits per heavy atom. The number of oxazole rings is 1. The molecular weight excluding hydrogens is 376 g/mol. The monoisotopic (exact) mass is 398 g/mol. The quantitative estimate of drug-likeness (QED) is 0.805. The number of hydrogen-bond acceptors (Lipinski definition) is 5. The Morgan fingerprint density at radius 3 is 2.96 bits per heavy atom. The number of aromatic nitrogens is 1. The van der Waals surface area contributed by atoms with Gasteiger partial charge in [-0.25, -0.2) is 4.98 Å². The number of nitriles is 1. The number of hydrogen-bond donors (Lipinski definition) is 1. The van der Waals surface area contributed by atoms with Crippen molar-refractivity contribution in [3.8, 4) is 17.5 Å². The van der Waals surface area contributed by atoms with E-state index < -0.39 is 0 Å². The van der Waals surface area contributed by atoms with Crippen LogP contribution in [0.25, 0.3) is 11.5 Å². The third-order valence-electron chi connectivity index (χ3n) is 5.69. The lowest BCUT2D eigenvalue weighted by Crippen LogP contribution is -2.45. The molecule has 4 rings (SSSR count). The van der Waals surface area contributed by atoms with Gasteiger partial charge in [-0.1, -0.05) is 23.7 Å². The maximum Gasteiger partial charge on any atom is 0.237 e. The van der Waals surface area contributed by atoms with Crippen LogP contribution in [0.4, 0.5) is 0 Å². The summed E-state index contributed by atoms with van der Waals surface area (Å²) in [5.41, 5.74) is 1.56. The van der Waals surface area contributed by atoms with Gasteiger partial charge in [0.25, 0.3) is 0 Å². The number of amides is 1. The third kappa shape index (κ3) is 3.78. The van der Waals surface area contributed by atoms with Gasteiger partial charge in [0.1, 0.15) is 11.8 Å². The summed E-state index contributed by atoms with van der Waals surface area (Å²) in [5, 5.41) is 13.2. The molecule has 1 aliphatic heterocycles. The highest BCUT2D eigenvalue weighted by molar-refractivity contribution is 6.33. The van der Waals surface area contributed by atoms with Crippen molar-refractivity contribution in [2.75, 3.05) is 13.1 Å². The number of rotatable bonds is 6. The zero-order valence-corrected chi connectivity index (χ0v) is 16.6. The number of carbonyl (C=O) groups excluding carboxylic acids is 1. The predicted molar refractivity (Wildman–Crippen MR) is 106 cm³/mol. The molecule has 1 aromatic heterocycles. The highest BCUT2D eigenvalue weighted by Gasteiger charge is 2.44. The fraction of sp³-hybridized carbons (Fsp3) is 0.476. The van der Waals surface area contributed by atoms with Crippen LogP contribution in [-0.4, -0.2) is 40.5 Å². The largest absolute Gasteiger partial charge is 0.441 e. The summed E-state index contributed by atoms with van der Waals surface area (Å²) in [5.74, 6) is 1.31. The Hall–Kier alpha value is -2.36. The van der Waals surface area contributed by atoms with Crippen molar-refractivity contribution < 1.29 is 9.21 Å². The first kappa shape index (κ1) is 19.0. The van der Waals surface area contributed by atoms with Gasteiger partial charge in [0, 0.05) is 18.5 Å². The van der Waals surface area contributed by atoms with Crippen LogP contribution < -0.4 is 5.32 Å². The van der Waals surface area contributed by atoms with Gasteiger partial charge in [0.2, 0.25) is 11.8 Å². The molecule has 1 amide bonds. The molecule has 0 radical (unpaired) electrons. The standard InChI is InChI=1S/C21H23ClN4O2/c1-14-18(25-20(28-14)16-6-2-3-7-17(16)22)11-21(8-9-21)24-13-19(27)26-10-4-5-15(26)12-23/h2-3,6-7,15,24H,4-5,8-11,13H2,1H3/t15-/m0/s1. The SMILES string of the molecule is Cc1oc(-c2ccccc2Cl)nc1CC1(NCC(=O)N2CCC[C@H]2C#N)CC1. The average molecular weight is 399 g/mol. The Balaban J connectivity index is 1.41. The molecule has 1 saturated heterocycles. The van der Waals surface area contributed by atoms with E-state index in [2.05, 4.69) is 16.4 Å². The van der Waals surface area contributed by atoms with E-state index in [1.807, 2.05) is 31.2 Å². The van der Waals surface area contributed by atoms with E-state index in [0.29, 0.717) is 23.9 Å². The number of benzene rings is 1. The van der Waals surface area contributed by atoms with Gasteiger partial charge in [-0.2, -0.15) is 5.26 Å². The first-order valence-corrected chi connectivity index (χ1v) is 10.0. The van der Waals surface area contributed by atoms with E-state index >= 15 is 0 Å². The van der Waals surface area contributed by atoms with E-state index in [0.717, 1.165) is 42.7 Å². The Bertz CT molecular complexity index is 929. The lowest BCUT2D eigenvalue weighted by Gasteiger charge is -2.22. The van der Waals surface area contributed by atoms with Crippen LogP contribution in [0.3, 0.4) is 0 Å². The minimum Gasteiger partial charge on any atom is -0.441 e. The van der Waals surface area contributed by atoms with Gasteiger partial charge in [-0.3, -0.25) is 4.79 Å². The molecule has 1 aromatic carbocycles. The summed E-state index contributed by atoms with van der Waals surface area (Å²) in [4.78, 5) is 18.9. The highest BCUT2D eigenvalue weighted by atomic mass is 35.5. The summed E-state index contributed by atoms with van der Waals surface area (Å²) in [7, 11) is 0. The van der Waals surface area contributed by atoms with Crippen LogP contribution in [0.5, 0.6) is 0 Å². The molecule has 2 aliphatic rings. The van der Waals surface area contributed by atoms with Crippen molar-refractivity contribution in [3.05, 3.63) is 40.7 Å². The Kier molecular flexibility index (Phi) is 5.13. The minimum atomic E-state index is -0.277. The Labute approximate surface area is 169 Å². The van der Waals surface area contributed by atoms with Crippen molar-refractivity contribution in [1.29, 1.82) is 5.26 Å². The van der Waals surface area contributed by atoms with E-state index in [1.54, 1.807) is 4.90 Å². The zero-order chi connectivity index (χ0) is 19.7. The molecule has 7 heteroatoms. The Morgan fingerprint density at radius 2 is 2.25 bits per heavy atom. The zero-order valence-electron chi connectivity index (χ0n) is 15.9. The predicted octanol–water partition coefficient (Wildman–Crippen LogP) is 3.48. The summed E-state index contributed by atoms with van der Waals surface area (Å²) in [6.07, 6.45) is 4.38. The fourth-order valence-electron chi connectivity index (χ4n) is 3.79. The summed E-state index contributed by atoms with van der Waals surface area (Å²) >= 11 is 6.26. The molecule has 146 valence electrons. The minimum absolute atomic E-state index is 0.00366. The number of likely N-dealkylation sites (tertiary alicyclic amines) is 1. The molecule has 2 heterocycles. The highest BCUT2D eigenvalue weighted by Crippen LogP contribution is 2.40. The van der Waals surface area contributed by atoms with Crippen LogP contribution in [0, 0.1) is 18.3 Å². The summed E-state index contributed by atoms with van der Waals surface area (Å²) < 4.78 is 5.86. The second kappa shape index (κ2) is 7.57. The molecule has 0 spiro atoms. The maximum absolute atomic E-state index is 12.5. The molecule has 2 aromatic rings. The normalized spacial score (nSPS) is 20.2. The van der Waals surface area contributed by atoms with E-state index in [-0.39, 0.29) is 24.0 Å². The first-order valence-electron chi connectivity index (χ1n) is 9.67. The molecule has 28 heavy (non-hydrogen) atoms. The van der Waals surface area contributed by atoms with Gasteiger partial charge in [-0.15, -0.1) is 0 Å². The van der Waals surface area contributed by atoms with Crippen molar-refractivity contribution in [3.63, 3.8) is 0 Å². The van der Waals surface area contributed by atoms with Crippen LogP contribution in [0.2, 0.25) is 5.02 Å². The molecule has 1 saturated carbocycles. The molecule has 0 unspecified atom stereocenters. The molecule has 1 atom stereocenters. The molecule has 6 nitrogen and oxygen atoms in total. The number of nitrogens with zero attached hydrogens (tertiary/aromatic N) is 3. The average Bonchev–Trinajstić information content (AvgIpc) is 3.11. The van der Waals surface area contributed by atoms with Crippen molar-refractivity contribution >= 4 is 17.5 Å². The topological polar surface area (TPSA) is 82.2 Å². The second-order valence-corrected chi connectivity index (χ2v) is 8.09. The molecule has 0 bridgehead atoms. The number of nitrogens with one attached hydrogen (secondary N) is 1.